The van der Waals surface area contributed by atoms with E-state index in [1.807, 2.05) is 30.3 Å². The Balaban J connectivity index is 0.000000186. The first-order valence-electron chi connectivity index (χ1n) is 19.0. The average molecular weight is 1030 g/mol. The van der Waals surface area contributed by atoms with Crippen LogP contribution in [0.15, 0.2) is 94.7 Å². The summed E-state index contributed by atoms with van der Waals surface area (Å²) in [4.78, 5) is 29.9. The van der Waals surface area contributed by atoms with Crippen molar-refractivity contribution in [3.63, 3.8) is 0 Å². The second-order valence-corrected chi connectivity index (χ2v) is 29.8. The second-order valence-electron chi connectivity index (χ2n) is 16.5. The van der Waals surface area contributed by atoms with Crippen LogP contribution in [-0.2, 0) is 11.5 Å². The Hall–Kier alpha value is -4.30. The molecule has 0 atom stereocenters. The SMILES string of the molecule is C[Si](C)(C)CCOCn1cnc(-c2ccc3ncc(Br)cc3n2)c1-c1cc(Cl)c(F)cc1F.C[Si](C)(C)c1cc(F)c(-c2nc[nH]c2-c2ccc3ncc(Br)cc3n2)cc1Cl. The van der Waals surface area contributed by atoms with E-state index in [4.69, 9.17) is 27.9 Å². The van der Waals surface area contributed by atoms with E-state index in [-0.39, 0.29) is 23.1 Å². The van der Waals surface area contributed by atoms with Crippen molar-refractivity contribution in [3.8, 4) is 45.3 Å². The lowest BCUT2D eigenvalue weighted by molar-refractivity contribution is 0.0882. The molecule has 0 aliphatic heterocycles. The maximum Gasteiger partial charge on any atom is 0.144 e. The van der Waals surface area contributed by atoms with Gasteiger partial charge >= 0.3 is 0 Å². The van der Waals surface area contributed by atoms with E-state index in [1.165, 1.54) is 12.4 Å². The topological polar surface area (TPSA) is 107 Å². The molecule has 8 aromatic rings. The number of aromatic amines is 1. The monoisotopic (exact) mass is 1020 g/mol. The number of hydrogen-bond acceptors (Lipinski definition) is 7. The fraction of sp³-hybridized carbons (Fsp3) is 0.209. The standard InChI is InChI=1S/C23H22BrClF2N4OSi.C20H17BrClFN4Si/c1-33(2,3)7-6-32-13-31-12-29-22(23(31)15-9-16(25)18(27)10-17(15)26)20-5-4-19-21(30-20)8-14(24)11-28-19;1-28(2,3)18-8-14(23)12(7-13(18)22)19-20(26-10-25-19)16-5-4-15-17(27-16)6-11(21)9-24-15/h4-5,8-12H,6-7,13H2,1-3H3;4-10H,1-3H3,(H,25,26). The molecule has 8 rings (SSSR count). The molecule has 9 nitrogen and oxygen atoms in total. The Bertz CT molecular complexity index is 2920. The summed E-state index contributed by atoms with van der Waals surface area (Å²) < 4.78 is 53.0. The van der Waals surface area contributed by atoms with E-state index < -0.39 is 27.8 Å². The first-order chi connectivity index (χ1) is 28.9. The first kappa shape index (κ1) is 44.8. The Labute approximate surface area is 379 Å². The predicted octanol–water partition coefficient (Wildman–Crippen LogP) is 13.0. The molecule has 0 unspecified atom stereocenters. The van der Waals surface area contributed by atoms with Crippen molar-refractivity contribution in [1.29, 1.82) is 0 Å². The van der Waals surface area contributed by atoms with Gasteiger partial charge in [0, 0.05) is 58.2 Å². The smallest absolute Gasteiger partial charge is 0.144 e. The number of fused-ring (bicyclic) bond motifs is 2. The highest BCUT2D eigenvalue weighted by atomic mass is 79.9. The second kappa shape index (κ2) is 18.2. The number of nitrogens with zero attached hydrogens (tertiary/aromatic N) is 7. The van der Waals surface area contributed by atoms with Gasteiger partial charge in [-0.2, -0.15) is 0 Å². The predicted molar refractivity (Wildman–Crippen MR) is 251 cm³/mol. The van der Waals surface area contributed by atoms with Gasteiger partial charge < -0.3 is 14.3 Å². The summed E-state index contributed by atoms with van der Waals surface area (Å²) in [6, 6.07) is 17.3. The molecule has 0 saturated carbocycles. The molecule has 6 aromatic heterocycles. The van der Waals surface area contributed by atoms with Crippen LogP contribution in [0.2, 0.25) is 55.4 Å². The lowest BCUT2D eigenvalue weighted by Gasteiger charge is -2.19. The Morgan fingerprint density at radius 2 is 1.28 bits per heavy atom. The fourth-order valence-corrected chi connectivity index (χ4v) is 10.3. The summed E-state index contributed by atoms with van der Waals surface area (Å²) in [5.41, 5.74) is 6.53. The molecule has 18 heteroatoms. The summed E-state index contributed by atoms with van der Waals surface area (Å²) in [5.74, 6) is -1.90. The summed E-state index contributed by atoms with van der Waals surface area (Å²) in [5, 5.41) is 1.29. The molecule has 0 spiro atoms. The summed E-state index contributed by atoms with van der Waals surface area (Å²) in [7, 11) is -3.02. The van der Waals surface area contributed by atoms with Gasteiger partial charge in [0.25, 0.3) is 0 Å². The van der Waals surface area contributed by atoms with Crippen molar-refractivity contribution in [2.75, 3.05) is 6.61 Å². The maximum atomic E-state index is 15.0. The molecule has 6 heterocycles. The molecular weight excluding hydrogens is 988 g/mol. The van der Waals surface area contributed by atoms with Gasteiger partial charge in [-0.15, -0.1) is 0 Å². The van der Waals surface area contributed by atoms with E-state index in [2.05, 4.69) is 106 Å². The van der Waals surface area contributed by atoms with Gasteiger partial charge in [0.05, 0.1) is 70.6 Å². The molecule has 1 N–H and O–H groups in total. The third-order valence-corrected chi connectivity index (χ3v) is 15.0. The third kappa shape index (κ3) is 10.3. The van der Waals surface area contributed by atoms with Gasteiger partial charge in [-0.3, -0.25) is 9.97 Å². The highest BCUT2D eigenvalue weighted by molar-refractivity contribution is 9.10. The van der Waals surface area contributed by atoms with Crippen LogP contribution in [0.5, 0.6) is 0 Å². The number of imidazole rings is 2. The minimum atomic E-state index is -1.75. The normalized spacial score (nSPS) is 12.0. The van der Waals surface area contributed by atoms with E-state index >= 15 is 0 Å². The molecule has 0 aliphatic rings. The molecule has 2 aromatic carbocycles. The number of ether oxygens (including phenoxy) is 1. The van der Waals surface area contributed by atoms with Crippen LogP contribution in [0.25, 0.3) is 67.4 Å². The minimum Gasteiger partial charge on any atom is -0.361 e. The lowest BCUT2D eigenvalue weighted by Crippen LogP contribution is -2.38. The zero-order chi connectivity index (χ0) is 43.8. The molecule has 0 bridgehead atoms. The summed E-state index contributed by atoms with van der Waals surface area (Å²) in [6.07, 6.45) is 6.52. The van der Waals surface area contributed by atoms with Gasteiger partial charge in [0.15, 0.2) is 0 Å². The highest BCUT2D eigenvalue weighted by Gasteiger charge is 2.25. The molecule has 0 fully saturated rings. The van der Waals surface area contributed by atoms with Crippen molar-refractivity contribution in [2.24, 2.45) is 0 Å². The van der Waals surface area contributed by atoms with E-state index in [1.54, 1.807) is 41.5 Å². The van der Waals surface area contributed by atoms with E-state index in [9.17, 15) is 13.2 Å². The molecule has 0 aliphatic carbocycles. The quantitative estimate of drug-likeness (QED) is 0.0826. The van der Waals surface area contributed by atoms with Crippen LogP contribution in [-0.4, -0.2) is 62.2 Å². The summed E-state index contributed by atoms with van der Waals surface area (Å²) in [6.45, 7) is 14.0. The van der Waals surface area contributed by atoms with Crippen LogP contribution in [0, 0.1) is 17.5 Å². The number of aromatic nitrogens is 8. The number of nitrogens with one attached hydrogen (secondary N) is 1. The van der Waals surface area contributed by atoms with Crippen molar-refractivity contribution in [3.05, 3.63) is 122 Å². The van der Waals surface area contributed by atoms with Crippen molar-refractivity contribution in [2.45, 2.75) is 52.1 Å². The zero-order valence-electron chi connectivity index (χ0n) is 33.9. The fourth-order valence-electron chi connectivity index (χ4n) is 6.43. The van der Waals surface area contributed by atoms with Gasteiger partial charge in [-0.25, -0.2) is 33.1 Å². The van der Waals surface area contributed by atoms with Gasteiger partial charge in [0.2, 0.25) is 0 Å². The third-order valence-electron chi connectivity index (χ3n) is 9.60. The average Bonchev–Trinajstić information content (AvgIpc) is 3.85. The first-order valence-corrected chi connectivity index (χ1v) is 28.6. The Morgan fingerprint density at radius 1 is 0.672 bits per heavy atom. The van der Waals surface area contributed by atoms with Gasteiger partial charge in [-0.05, 0) is 97.7 Å². The van der Waals surface area contributed by atoms with Crippen molar-refractivity contribution < 1.29 is 17.9 Å². The molecule has 0 radical (unpaired) electrons. The largest absolute Gasteiger partial charge is 0.361 e. The van der Waals surface area contributed by atoms with E-state index in [0.29, 0.717) is 62.4 Å². The number of halogens is 7. The zero-order valence-corrected chi connectivity index (χ0v) is 40.6. The molecular formula is C43H39Br2Cl2F3N8OSi2. The van der Waals surface area contributed by atoms with Gasteiger partial charge in [0.1, 0.15) is 35.6 Å². The highest BCUT2D eigenvalue weighted by Crippen LogP contribution is 2.36. The van der Waals surface area contributed by atoms with Crippen LogP contribution >= 0.6 is 55.1 Å². The maximum absolute atomic E-state index is 15.0. The van der Waals surface area contributed by atoms with Crippen molar-refractivity contribution in [1.82, 2.24) is 39.5 Å². The van der Waals surface area contributed by atoms with Crippen LogP contribution in [0.3, 0.4) is 0 Å². The lowest BCUT2D eigenvalue weighted by atomic mass is 10.1. The summed E-state index contributed by atoms with van der Waals surface area (Å²) >= 11 is 19.3. The van der Waals surface area contributed by atoms with Crippen LogP contribution < -0.4 is 5.19 Å². The number of hydrogen-bond donors (Lipinski definition) is 1. The van der Waals surface area contributed by atoms with E-state index in [0.717, 1.165) is 37.3 Å². The van der Waals surface area contributed by atoms with Gasteiger partial charge in [-0.1, -0.05) is 62.5 Å². The number of H-pyrrole nitrogens is 1. The Morgan fingerprint density at radius 3 is 1.92 bits per heavy atom. The number of rotatable bonds is 10. The Kier molecular flexibility index (Phi) is 13.4. The van der Waals surface area contributed by atoms with Crippen LogP contribution in [0.4, 0.5) is 13.2 Å². The number of benzene rings is 2. The molecule has 314 valence electrons. The number of pyridine rings is 4. The van der Waals surface area contributed by atoms with Crippen molar-refractivity contribution >= 4 is 98.5 Å². The molecule has 0 saturated heterocycles. The molecule has 0 amide bonds. The minimum absolute atomic E-state index is 0.122. The van der Waals surface area contributed by atoms with Crippen LogP contribution in [0.1, 0.15) is 0 Å². The molecule has 61 heavy (non-hydrogen) atoms.